The Labute approximate surface area is 106 Å². The maximum Gasteiger partial charge on any atom is 0.0320 e. The van der Waals surface area contributed by atoms with E-state index < -0.39 is 0 Å². The topological polar surface area (TPSA) is 12.0 Å². The van der Waals surface area contributed by atoms with Crippen LogP contribution in [0.3, 0.4) is 0 Å². The van der Waals surface area contributed by atoms with E-state index in [0.29, 0.717) is 11.5 Å². The Balaban J connectivity index is 1.89. The average molecular weight is 231 g/mol. The quantitative estimate of drug-likeness (QED) is 0.775. The molecule has 1 heteroatoms. The van der Waals surface area contributed by atoms with Crippen LogP contribution in [0.2, 0.25) is 0 Å². The molecule has 0 radical (unpaired) electrons. The summed E-state index contributed by atoms with van der Waals surface area (Å²) in [6, 6.07) is 11.4. The predicted octanol–water partition coefficient (Wildman–Crippen LogP) is 4.16. The van der Waals surface area contributed by atoms with Gasteiger partial charge in [-0.3, -0.25) is 0 Å². The zero-order valence-electron chi connectivity index (χ0n) is 11.4. The van der Waals surface area contributed by atoms with Crippen molar-refractivity contribution in [2.45, 2.75) is 46.1 Å². The molecule has 0 bridgehead atoms. The molecule has 2 atom stereocenters. The molecule has 0 saturated heterocycles. The van der Waals surface area contributed by atoms with Crippen molar-refractivity contribution in [2.75, 3.05) is 6.54 Å². The van der Waals surface area contributed by atoms with E-state index in [1.807, 2.05) is 0 Å². The lowest BCUT2D eigenvalue weighted by atomic mass is 10.0. The fraction of sp³-hybridized carbons (Fsp3) is 0.625. The molecule has 1 aliphatic rings. The highest BCUT2D eigenvalue weighted by Gasteiger charge is 2.45. The standard InChI is InChI=1S/C16H25N/c1-4-8-15(13-9-6-5-7-10-13)17-12-14-11-16(14,2)3/h5-7,9-10,14-15,17H,4,8,11-12H2,1-3H3. The van der Waals surface area contributed by atoms with Gasteiger partial charge in [0.15, 0.2) is 0 Å². The summed E-state index contributed by atoms with van der Waals surface area (Å²) in [7, 11) is 0. The summed E-state index contributed by atoms with van der Waals surface area (Å²) in [5.74, 6) is 0.880. The normalized spacial score (nSPS) is 23.4. The molecular formula is C16H25N. The summed E-state index contributed by atoms with van der Waals surface area (Å²) >= 11 is 0. The van der Waals surface area contributed by atoms with Gasteiger partial charge in [0.25, 0.3) is 0 Å². The zero-order valence-corrected chi connectivity index (χ0v) is 11.4. The molecule has 0 spiro atoms. The third-order valence-electron chi connectivity index (χ3n) is 4.11. The van der Waals surface area contributed by atoms with E-state index in [2.05, 4.69) is 56.4 Å². The van der Waals surface area contributed by atoms with Crippen LogP contribution >= 0.6 is 0 Å². The van der Waals surface area contributed by atoms with Gasteiger partial charge in [0.05, 0.1) is 0 Å². The van der Waals surface area contributed by atoms with Crippen LogP contribution in [0.25, 0.3) is 0 Å². The number of rotatable bonds is 6. The molecule has 2 rings (SSSR count). The number of hydrogen-bond acceptors (Lipinski definition) is 1. The first-order valence-corrected chi connectivity index (χ1v) is 6.92. The Morgan fingerprint density at radius 2 is 1.94 bits per heavy atom. The minimum atomic E-state index is 0.539. The van der Waals surface area contributed by atoms with Crippen molar-refractivity contribution in [3.8, 4) is 0 Å². The van der Waals surface area contributed by atoms with E-state index >= 15 is 0 Å². The highest BCUT2D eigenvalue weighted by atomic mass is 14.9. The first-order valence-electron chi connectivity index (χ1n) is 6.92. The molecule has 1 aromatic rings. The smallest absolute Gasteiger partial charge is 0.0320 e. The molecule has 1 saturated carbocycles. The molecule has 1 nitrogen and oxygen atoms in total. The van der Waals surface area contributed by atoms with Crippen LogP contribution in [-0.2, 0) is 0 Å². The Hall–Kier alpha value is -0.820. The third kappa shape index (κ3) is 3.32. The van der Waals surface area contributed by atoms with E-state index in [1.54, 1.807) is 0 Å². The molecule has 1 aromatic carbocycles. The average Bonchev–Trinajstić information content (AvgIpc) is 2.93. The molecule has 1 fully saturated rings. The van der Waals surface area contributed by atoms with Crippen LogP contribution in [0.1, 0.15) is 51.6 Å². The van der Waals surface area contributed by atoms with Crippen molar-refractivity contribution in [1.29, 1.82) is 0 Å². The van der Waals surface area contributed by atoms with E-state index in [4.69, 9.17) is 0 Å². The van der Waals surface area contributed by atoms with Gasteiger partial charge < -0.3 is 5.32 Å². The van der Waals surface area contributed by atoms with Crippen molar-refractivity contribution in [3.63, 3.8) is 0 Å². The van der Waals surface area contributed by atoms with Crippen LogP contribution < -0.4 is 5.32 Å². The van der Waals surface area contributed by atoms with Crippen molar-refractivity contribution >= 4 is 0 Å². The molecule has 0 amide bonds. The van der Waals surface area contributed by atoms with Crippen molar-refractivity contribution < 1.29 is 0 Å². The van der Waals surface area contributed by atoms with E-state index in [-0.39, 0.29) is 0 Å². The summed E-state index contributed by atoms with van der Waals surface area (Å²) in [6.45, 7) is 8.18. The second-order valence-electron chi connectivity index (χ2n) is 6.05. The SMILES string of the molecule is CCCC(NCC1CC1(C)C)c1ccccc1. The van der Waals surface area contributed by atoms with Gasteiger partial charge in [-0.1, -0.05) is 57.5 Å². The van der Waals surface area contributed by atoms with E-state index in [1.165, 1.54) is 31.4 Å². The Morgan fingerprint density at radius 1 is 1.29 bits per heavy atom. The summed E-state index contributed by atoms with van der Waals surface area (Å²) in [5, 5.41) is 3.75. The molecule has 2 unspecified atom stereocenters. The van der Waals surface area contributed by atoms with Gasteiger partial charge in [0.2, 0.25) is 0 Å². The zero-order chi connectivity index (χ0) is 12.3. The molecule has 1 aliphatic carbocycles. The molecule has 0 heterocycles. The first-order chi connectivity index (χ1) is 8.13. The van der Waals surface area contributed by atoms with Crippen LogP contribution in [0.15, 0.2) is 30.3 Å². The Bertz CT molecular complexity index is 342. The van der Waals surface area contributed by atoms with Gasteiger partial charge in [-0.25, -0.2) is 0 Å². The Kier molecular flexibility index (Phi) is 3.88. The maximum atomic E-state index is 3.75. The fourth-order valence-electron chi connectivity index (χ4n) is 2.57. The number of nitrogens with one attached hydrogen (secondary N) is 1. The molecule has 17 heavy (non-hydrogen) atoms. The molecular weight excluding hydrogens is 206 g/mol. The minimum absolute atomic E-state index is 0.539. The lowest BCUT2D eigenvalue weighted by Gasteiger charge is -2.19. The molecule has 94 valence electrons. The van der Waals surface area contributed by atoms with Gasteiger partial charge in [0.1, 0.15) is 0 Å². The summed E-state index contributed by atoms with van der Waals surface area (Å²) in [6.07, 6.45) is 3.85. The predicted molar refractivity (Wildman–Crippen MR) is 74.0 cm³/mol. The highest BCUT2D eigenvalue weighted by molar-refractivity contribution is 5.19. The summed E-state index contributed by atoms with van der Waals surface area (Å²) in [5.41, 5.74) is 2.02. The molecule has 0 aromatic heterocycles. The second-order valence-corrected chi connectivity index (χ2v) is 6.05. The fourth-order valence-corrected chi connectivity index (χ4v) is 2.57. The van der Waals surface area contributed by atoms with Crippen LogP contribution in [0, 0.1) is 11.3 Å². The van der Waals surface area contributed by atoms with Crippen molar-refractivity contribution in [2.24, 2.45) is 11.3 Å². The lowest BCUT2D eigenvalue weighted by molar-refractivity contribution is 0.448. The van der Waals surface area contributed by atoms with Crippen molar-refractivity contribution in [3.05, 3.63) is 35.9 Å². The maximum absolute atomic E-state index is 3.75. The van der Waals surface area contributed by atoms with Gasteiger partial charge in [-0.05, 0) is 36.3 Å². The highest BCUT2D eigenvalue weighted by Crippen LogP contribution is 2.51. The van der Waals surface area contributed by atoms with Gasteiger partial charge in [-0.2, -0.15) is 0 Å². The van der Waals surface area contributed by atoms with Crippen molar-refractivity contribution in [1.82, 2.24) is 5.32 Å². The summed E-state index contributed by atoms with van der Waals surface area (Å²) in [4.78, 5) is 0. The minimum Gasteiger partial charge on any atom is -0.310 e. The van der Waals surface area contributed by atoms with E-state index in [9.17, 15) is 0 Å². The monoisotopic (exact) mass is 231 g/mol. The van der Waals surface area contributed by atoms with Crippen LogP contribution in [-0.4, -0.2) is 6.54 Å². The first kappa shape index (κ1) is 12.6. The Morgan fingerprint density at radius 3 is 2.47 bits per heavy atom. The molecule has 1 N–H and O–H groups in total. The van der Waals surface area contributed by atoms with Gasteiger partial charge >= 0.3 is 0 Å². The molecule has 0 aliphatic heterocycles. The van der Waals surface area contributed by atoms with Crippen LogP contribution in [0.4, 0.5) is 0 Å². The van der Waals surface area contributed by atoms with Gasteiger partial charge in [0, 0.05) is 6.04 Å². The van der Waals surface area contributed by atoms with E-state index in [0.717, 1.165) is 5.92 Å². The third-order valence-corrected chi connectivity index (χ3v) is 4.11. The second kappa shape index (κ2) is 5.22. The van der Waals surface area contributed by atoms with Crippen LogP contribution in [0.5, 0.6) is 0 Å². The number of hydrogen-bond donors (Lipinski definition) is 1. The summed E-state index contributed by atoms with van der Waals surface area (Å²) < 4.78 is 0. The lowest BCUT2D eigenvalue weighted by Crippen LogP contribution is -2.24. The number of benzene rings is 1. The largest absolute Gasteiger partial charge is 0.310 e. The van der Waals surface area contributed by atoms with Gasteiger partial charge in [-0.15, -0.1) is 0 Å².